The van der Waals surface area contributed by atoms with Crippen molar-refractivity contribution in [3.63, 3.8) is 0 Å². The Morgan fingerprint density at radius 1 is 1.20 bits per heavy atom. The molecular weight excluding hydrogens is 192 g/mol. The van der Waals surface area contributed by atoms with Crippen molar-refractivity contribution in [1.29, 1.82) is 0 Å². The summed E-state index contributed by atoms with van der Waals surface area (Å²) in [4.78, 5) is 0. The van der Waals surface area contributed by atoms with E-state index in [0.29, 0.717) is 5.75 Å². The molecule has 0 amide bonds. The highest BCUT2D eigenvalue weighted by Gasteiger charge is 2.26. The molecule has 3 nitrogen and oxygen atoms in total. The van der Waals surface area contributed by atoms with E-state index in [9.17, 15) is 5.11 Å². The maximum atomic E-state index is 9.73. The van der Waals surface area contributed by atoms with E-state index in [1.165, 1.54) is 0 Å². The predicted molar refractivity (Wildman–Crippen MR) is 57.2 cm³/mol. The standard InChI is InChI=1S/C12H16O3/c1-6-7(2)12-10(5-11(6)13)8(3)14-9(4)15-12/h5,8-9,13H,1-4H3/t8-,9+/m0/s1. The van der Waals surface area contributed by atoms with Gasteiger partial charge in [-0.25, -0.2) is 0 Å². The van der Waals surface area contributed by atoms with Crippen LogP contribution >= 0.6 is 0 Å². The minimum atomic E-state index is -0.227. The molecule has 0 spiro atoms. The highest BCUT2D eigenvalue weighted by Crippen LogP contribution is 2.41. The zero-order chi connectivity index (χ0) is 11.2. The number of phenols is 1. The molecule has 1 aromatic rings. The second-order valence-electron chi connectivity index (χ2n) is 4.03. The first-order valence-corrected chi connectivity index (χ1v) is 5.16. The Morgan fingerprint density at radius 2 is 1.87 bits per heavy atom. The largest absolute Gasteiger partial charge is 0.508 e. The van der Waals surface area contributed by atoms with Crippen molar-refractivity contribution in [2.45, 2.75) is 40.1 Å². The lowest BCUT2D eigenvalue weighted by Gasteiger charge is -2.30. The van der Waals surface area contributed by atoms with E-state index in [-0.39, 0.29) is 12.4 Å². The molecule has 15 heavy (non-hydrogen) atoms. The molecule has 0 saturated carbocycles. The normalized spacial score (nSPS) is 24.5. The van der Waals surface area contributed by atoms with Crippen LogP contribution in [0.25, 0.3) is 0 Å². The van der Waals surface area contributed by atoms with E-state index in [1.54, 1.807) is 6.07 Å². The van der Waals surface area contributed by atoms with Crippen molar-refractivity contribution in [3.05, 3.63) is 22.8 Å². The summed E-state index contributed by atoms with van der Waals surface area (Å²) in [6, 6.07) is 1.73. The molecule has 1 heterocycles. The second kappa shape index (κ2) is 3.42. The Kier molecular flexibility index (Phi) is 2.35. The van der Waals surface area contributed by atoms with Crippen molar-refractivity contribution in [2.24, 2.45) is 0 Å². The quantitative estimate of drug-likeness (QED) is 0.712. The van der Waals surface area contributed by atoms with Gasteiger partial charge in [-0.2, -0.15) is 0 Å². The van der Waals surface area contributed by atoms with Gasteiger partial charge in [0.05, 0.1) is 6.10 Å². The van der Waals surface area contributed by atoms with Crippen molar-refractivity contribution >= 4 is 0 Å². The molecule has 82 valence electrons. The van der Waals surface area contributed by atoms with Crippen molar-refractivity contribution < 1.29 is 14.6 Å². The Hall–Kier alpha value is -1.22. The molecule has 0 saturated heterocycles. The monoisotopic (exact) mass is 208 g/mol. The van der Waals surface area contributed by atoms with E-state index in [2.05, 4.69) is 0 Å². The molecular formula is C12H16O3. The van der Waals surface area contributed by atoms with E-state index in [0.717, 1.165) is 22.4 Å². The molecule has 0 bridgehead atoms. The van der Waals surface area contributed by atoms with Crippen LogP contribution < -0.4 is 4.74 Å². The number of aromatic hydroxyl groups is 1. The van der Waals surface area contributed by atoms with Crippen LogP contribution in [-0.4, -0.2) is 11.4 Å². The van der Waals surface area contributed by atoms with E-state index >= 15 is 0 Å². The molecule has 1 aliphatic rings. The molecule has 1 aliphatic heterocycles. The Labute approximate surface area is 89.6 Å². The number of hydrogen-bond donors (Lipinski definition) is 1. The van der Waals surface area contributed by atoms with Gasteiger partial charge in [-0.1, -0.05) is 0 Å². The lowest BCUT2D eigenvalue weighted by atomic mass is 9.99. The third-order valence-corrected chi connectivity index (χ3v) is 2.96. The third-order valence-electron chi connectivity index (χ3n) is 2.96. The lowest BCUT2D eigenvalue weighted by molar-refractivity contribution is -0.123. The first-order valence-electron chi connectivity index (χ1n) is 5.16. The highest BCUT2D eigenvalue weighted by atomic mass is 16.7. The van der Waals surface area contributed by atoms with Crippen LogP contribution in [0.2, 0.25) is 0 Å². The molecule has 0 aliphatic carbocycles. The third kappa shape index (κ3) is 1.57. The first kappa shape index (κ1) is 10.3. The van der Waals surface area contributed by atoms with Crippen LogP contribution in [0.15, 0.2) is 6.07 Å². The van der Waals surface area contributed by atoms with Gasteiger partial charge in [0.1, 0.15) is 11.5 Å². The zero-order valence-corrected chi connectivity index (χ0v) is 9.50. The Morgan fingerprint density at radius 3 is 2.53 bits per heavy atom. The van der Waals surface area contributed by atoms with E-state index < -0.39 is 0 Å². The van der Waals surface area contributed by atoms with Crippen molar-refractivity contribution in [3.8, 4) is 11.5 Å². The zero-order valence-electron chi connectivity index (χ0n) is 9.50. The molecule has 1 aromatic carbocycles. The molecule has 3 heteroatoms. The summed E-state index contributed by atoms with van der Waals surface area (Å²) in [7, 11) is 0. The summed E-state index contributed by atoms with van der Waals surface area (Å²) >= 11 is 0. The molecule has 0 radical (unpaired) electrons. The average Bonchev–Trinajstić information content (AvgIpc) is 2.17. The van der Waals surface area contributed by atoms with Crippen molar-refractivity contribution in [1.82, 2.24) is 0 Å². The molecule has 0 unspecified atom stereocenters. The first-order chi connectivity index (χ1) is 7.00. The maximum absolute atomic E-state index is 9.73. The highest BCUT2D eigenvalue weighted by molar-refractivity contribution is 5.53. The van der Waals surface area contributed by atoms with Gasteiger partial charge >= 0.3 is 0 Å². The van der Waals surface area contributed by atoms with E-state index in [4.69, 9.17) is 9.47 Å². The van der Waals surface area contributed by atoms with E-state index in [1.807, 2.05) is 27.7 Å². The summed E-state index contributed by atoms with van der Waals surface area (Å²) in [5, 5.41) is 9.73. The smallest absolute Gasteiger partial charge is 0.197 e. The fourth-order valence-corrected chi connectivity index (χ4v) is 1.91. The summed E-state index contributed by atoms with van der Waals surface area (Å²) in [5.41, 5.74) is 2.79. The summed E-state index contributed by atoms with van der Waals surface area (Å²) in [6.07, 6.45) is -0.260. The van der Waals surface area contributed by atoms with Crippen LogP contribution in [0, 0.1) is 13.8 Å². The topological polar surface area (TPSA) is 38.7 Å². The van der Waals surface area contributed by atoms with Crippen LogP contribution in [-0.2, 0) is 4.74 Å². The van der Waals surface area contributed by atoms with Crippen molar-refractivity contribution in [2.75, 3.05) is 0 Å². The number of ether oxygens (including phenoxy) is 2. The summed E-state index contributed by atoms with van der Waals surface area (Å²) in [6.45, 7) is 7.69. The molecule has 2 atom stereocenters. The van der Waals surface area contributed by atoms with Crippen LogP contribution in [0.5, 0.6) is 11.5 Å². The number of rotatable bonds is 0. The number of fused-ring (bicyclic) bond motifs is 1. The lowest BCUT2D eigenvalue weighted by Crippen LogP contribution is -2.25. The van der Waals surface area contributed by atoms with Crippen LogP contribution in [0.3, 0.4) is 0 Å². The van der Waals surface area contributed by atoms with Gasteiger partial charge in [0.2, 0.25) is 0 Å². The Balaban J connectivity index is 2.60. The van der Waals surface area contributed by atoms with Gasteiger partial charge < -0.3 is 14.6 Å². The SMILES string of the molecule is Cc1c(O)cc2c(c1C)O[C@H](C)O[C@H]2C. The maximum Gasteiger partial charge on any atom is 0.197 e. The average molecular weight is 208 g/mol. The minimum Gasteiger partial charge on any atom is -0.508 e. The molecule has 2 rings (SSSR count). The fourth-order valence-electron chi connectivity index (χ4n) is 1.91. The predicted octanol–water partition coefficient (Wildman–Crippen LogP) is 2.83. The number of benzene rings is 1. The van der Waals surface area contributed by atoms with Gasteiger partial charge in [0, 0.05) is 5.56 Å². The van der Waals surface area contributed by atoms with Gasteiger partial charge in [0.15, 0.2) is 6.29 Å². The molecule has 0 aromatic heterocycles. The van der Waals surface area contributed by atoms with Gasteiger partial charge in [-0.3, -0.25) is 0 Å². The molecule has 1 N–H and O–H groups in total. The van der Waals surface area contributed by atoms with Crippen LogP contribution in [0.4, 0.5) is 0 Å². The summed E-state index contributed by atoms with van der Waals surface area (Å²) < 4.78 is 11.2. The van der Waals surface area contributed by atoms with Gasteiger partial charge in [-0.15, -0.1) is 0 Å². The number of hydrogen-bond acceptors (Lipinski definition) is 3. The fraction of sp³-hybridized carbons (Fsp3) is 0.500. The Bertz CT molecular complexity index is 398. The second-order valence-corrected chi connectivity index (χ2v) is 4.03. The van der Waals surface area contributed by atoms with Gasteiger partial charge in [-0.05, 0) is 44.9 Å². The van der Waals surface area contributed by atoms with Gasteiger partial charge in [0.25, 0.3) is 0 Å². The van der Waals surface area contributed by atoms with Crippen LogP contribution in [0.1, 0.15) is 36.6 Å². The number of phenolic OH excluding ortho intramolecular Hbond substituents is 1. The minimum absolute atomic E-state index is 0.0334. The molecule has 0 fully saturated rings. The summed E-state index contributed by atoms with van der Waals surface area (Å²) in [5.74, 6) is 1.16.